The van der Waals surface area contributed by atoms with Crippen molar-refractivity contribution in [3.8, 4) is 0 Å². The first-order chi connectivity index (χ1) is 11.1. The van der Waals surface area contributed by atoms with Crippen LogP contribution >= 0.6 is 11.3 Å². The number of nitrogens with one attached hydrogen (secondary N) is 2. The van der Waals surface area contributed by atoms with Gasteiger partial charge in [0.15, 0.2) is 5.13 Å². The summed E-state index contributed by atoms with van der Waals surface area (Å²) in [4.78, 5) is 40.9. The van der Waals surface area contributed by atoms with Gasteiger partial charge >= 0.3 is 6.03 Å². The molecule has 0 radical (unpaired) electrons. The summed E-state index contributed by atoms with van der Waals surface area (Å²) in [5.41, 5.74) is 0. The standard InChI is InChI=1S/C14H14N4O4S/c19-11(17-13-15-5-7-23-13)4-3-10-12(20)18(14(21)16-10)8-9-2-1-6-22-9/h1-2,5-7,10H,3-4,8H2,(H,16,21)(H,15,17,19)/t10-/m0/s1. The van der Waals surface area contributed by atoms with Crippen molar-refractivity contribution >= 4 is 34.3 Å². The fraction of sp³-hybridized carbons (Fsp3) is 0.286. The Balaban J connectivity index is 1.52. The van der Waals surface area contributed by atoms with E-state index in [0.29, 0.717) is 10.9 Å². The summed E-state index contributed by atoms with van der Waals surface area (Å²) in [5, 5.41) is 7.48. The van der Waals surface area contributed by atoms with Crippen molar-refractivity contribution < 1.29 is 18.8 Å². The molecule has 1 fully saturated rings. The van der Waals surface area contributed by atoms with Crippen molar-refractivity contribution in [2.24, 2.45) is 0 Å². The predicted molar refractivity (Wildman–Crippen MR) is 81.6 cm³/mol. The zero-order valence-corrected chi connectivity index (χ0v) is 12.8. The number of amides is 4. The van der Waals surface area contributed by atoms with E-state index in [2.05, 4.69) is 15.6 Å². The van der Waals surface area contributed by atoms with Crippen molar-refractivity contribution in [3.63, 3.8) is 0 Å². The van der Waals surface area contributed by atoms with Crippen LogP contribution in [0.1, 0.15) is 18.6 Å². The van der Waals surface area contributed by atoms with Crippen LogP contribution in [0.4, 0.5) is 9.93 Å². The molecule has 2 N–H and O–H groups in total. The fourth-order valence-electron chi connectivity index (χ4n) is 2.22. The summed E-state index contributed by atoms with van der Waals surface area (Å²) < 4.78 is 5.14. The molecule has 0 aliphatic carbocycles. The quantitative estimate of drug-likeness (QED) is 0.780. The number of rotatable bonds is 6. The molecule has 9 heteroatoms. The van der Waals surface area contributed by atoms with Gasteiger partial charge in [0.1, 0.15) is 11.8 Å². The van der Waals surface area contributed by atoms with Gasteiger partial charge in [-0.1, -0.05) is 0 Å². The molecule has 0 saturated carbocycles. The first-order valence-corrected chi connectivity index (χ1v) is 7.85. The molecule has 3 rings (SSSR count). The van der Waals surface area contributed by atoms with Crippen LogP contribution in [0, 0.1) is 0 Å². The SMILES string of the molecule is O=C(CC[C@@H]1NC(=O)N(Cc2ccco2)C1=O)Nc1nccs1. The molecule has 0 unspecified atom stereocenters. The van der Waals surface area contributed by atoms with Gasteiger partial charge in [-0.05, 0) is 18.6 Å². The topological polar surface area (TPSA) is 105 Å². The molecule has 2 aromatic heterocycles. The maximum Gasteiger partial charge on any atom is 0.325 e. The van der Waals surface area contributed by atoms with E-state index >= 15 is 0 Å². The predicted octanol–water partition coefficient (Wildman–Crippen LogP) is 1.58. The average molecular weight is 334 g/mol. The number of hydrogen-bond acceptors (Lipinski definition) is 6. The van der Waals surface area contributed by atoms with Gasteiger partial charge in [-0.3, -0.25) is 14.5 Å². The van der Waals surface area contributed by atoms with E-state index in [-0.39, 0.29) is 31.2 Å². The Morgan fingerprint density at radius 1 is 1.48 bits per heavy atom. The first-order valence-electron chi connectivity index (χ1n) is 6.97. The van der Waals surface area contributed by atoms with Crippen molar-refractivity contribution in [2.75, 3.05) is 5.32 Å². The highest BCUT2D eigenvalue weighted by atomic mass is 32.1. The van der Waals surface area contributed by atoms with Gasteiger partial charge < -0.3 is 15.1 Å². The third kappa shape index (κ3) is 3.57. The van der Waals surface area contributed by atoms with Gasteiger partial charge in [0.05, 0.1) is 12.8 Å². The lowest BCUT2D eigenvalue weighted by Crippen LogP contribution is -2.31. The minimum Gasteiger partial charge on any atom is -0.467 e. The second-order valence-electron chi connectivity index (χ2n) is 4.93. The van der Waals surface area contributed by atoms with Crippen molar-refractivity contribution in [2.45, 2.75) is 25.4 Å². The summed E-state index contributed by atoms with van der Waals surface area (Å²) in [6.07, 6.45) is 3.42. The number of nitrogens with zero attached hydrogens (tertiary/aromatic N) is 2. The van der Waals surface area contributed by atoms with Crippen LogP contribution in [0.3, 0.4) is 0 Å². The number of aromatic nitrogens is 1. The maximum atomic E-state index is 12.2. The van der Waals surface area contributed by atoms with E-state index in [1.54, 1.807) is 23.7 Å². The van der Waals surface area contributed by atoms with E-state index in [9.17, 15) is 14.4 Å². The number of carbonyl (C=O) groups is 3. The third-order valence-electron chi connectivity index (χ3n) is 3.34. The molecule has 0 aromatic carbocycles. The second-order valence-corrected chi connectivity index (χ2v) is 5.82. The Morgan fingerprint density at radius 2 is 2.35 bits per heavy atom. The zero-order chi connectivity index (χ0) is 16.2. The number of thiazole rings is 1. The maximum absolute atomic E-state index is 12.2. The van der Waals surface area contributed by atoms with Crippen LogP contribution in [0.2, 0.25) is 0 Å². The molecule has 3 heterocycles. The number of carbonyl (C=O) groups excluding carboxylic acids is 3. The van der Waals surface area contributed by atoms with Crippen molar-refractivity contribution in [1.29, 1.82) is 0 Å². The first kappa shape index (κ1) is 15.2. The van der Waals surface area contributed by atoms with Crippen LogP contribution in [0.15, 0.2) is 34.4 Å². The minimum atomic E-state index is -0.695. The molecule has 0 spiro atoms. The molecular formula is C14H14N4O4S. The monoisotopic (exact) mass is 334 g/mol. The zero-order valence-electron chi connectivity index (χ0n) is 12.0. The summed E-state index contributed by atoms with van der Waals surface area (Å²) in [6.45, 7) is 0.0828. The Labute approximate surface area is 135 Å². The molecule has 0 bridgehead atoms. The van der Waals surface area contributed by atoms with E-state index in [1.807, 2.05) is 0 Å². The number of furan rings is 1. The number of anilines is 1. The van der Waals surface area contributed by atoms with Gasteiger partial charge in [0.25, 0.3) is 5.91 Å². The van der Waals surface area contributed by atoms with Gasteiger partial charge in [0.2, 0.25) is 5.91 Å². The molecule has 1 atom stereocenters. The van der Waals surface area contributed by atoms with Gasteiger partial charge in [0, 0.05) is 18.0 Å². The van der Waals surface area contributed by atoms with Gasteiger partial charge in [-0.2, -0.15) is 0 Å². The molecule has 1 aliphatic heterocycles. The van der Waals surface area contributed by atoms with E-state index in [1.165, 1.54) is 17.6 Å². The molecule has 2 aromatic rings. The molecule has 23 heavy (non-hydrogen) atoms. The van der Waals surface area contributed by atoms with Crippen LogP contribution in [-0.4, -0.2) is 33.8 Å². The third-order valence-corrected chi connectivity index (χ3v) is 4.03. The lowest BCUT2D eigenvalue weighted by Gasteiger charge is -2.11. The summed E-state index contributed by atoms with van der Waals surface area (Å²) in [7, 11) is 0. The van der Waals surface area contributed by atoms with Crippen LogP contribution in [0.5, 0.6) is 0 Å². The number of hydrogen-bond donors (Lipinski definition) is 2. The van der Waals surface area contributed by atoms with Crippen LogP contribution < -0.4 is 10.6 Å². The van der Waals surface area contributed by atoms with Gasteiger partial charge in [-0.25, -0.2) is 9.78 Å². The Bertz CT molecular complexity index is 698. The molecule has 1 saturated heterocycles. The fourth-order valence-corrected chi connectivity index (χ4v) is 2.77. The van der Waals surface area contributed by atoms with E-state index in [4.69, 9.17) is 4.42 Å². The molecular weight excluding hydrogens is 320 g/mol. The summed E-state index contributed by atoms with van der Waals surface area (Å²) in [5.74, 6) is -0.0735. The minimum absolute atomic E-state index is 0.0828. The number of urea groups is 1. The van der Waals surface area contributed by atoms with E-state index in [0.717, 1.165) is 4.90 Å². The largest absolute Gasteiger partial charge is 0.467 e. The highest BCUT2D eigenvalue weighted by Crippen LogP contribution is 2.16. The number of imide groups is 1. The van der Waals surface area contributed by atoms with Crippen molar-refractivity contribution in [3.05, 3.63) is 35.7 Å². The van der Waals surface area contributed by atoms with Crippen LogP contribution in [-0.2, 0) is 16.1 Å². The lowest BCUT2D eigenvalue weighted by atomic mass is 10.1. The molecule has 8 nitrogen and oxygen atoms in total. The normalized spacial score (nSPS) is 17.4. The smallest absolute Gasteiger partial charge is 0.325 e. The Hall–Kier alpha value is -2.68. The Morgan fingerprint density at radius 3 is 3.04 bits per heavy atom. The second kappa shape index (κ2) is 6.61. The molecule has 1 aliphatic rings. The molecule has 4 amide bonds. The highest BCUT2D eigenvalue weighted by molar-refractivity contribution is 7.13. The van der Waals surface area contributed by atoms with Gasteiger partial charge in [-0.15, -0.1) is 11.3 Å². The Kier molecular flexibility index (Phi) is 4.38. The summed E-state index contributed by atoms with van der Waals surface area (Å²) >= 11 is 1.31. The molecule has 120 valence electrons. The lowest BCUT2D eigenvalue weighted by molar-refractivity contribution is -0.128. The van der Waals surface area contributed by atoms with Crippen molar-refractivity contribution in [1.82, 2.24) is 15.2 Å². The highest BCUT2D eigenvalue weighted by Gasteiger charge is 2.38. The van der Waals surface area contributed by atoms with E-state index < -0.39 is 12.1 Å². The van der Waals surface area contributed by atoms with Crippen LogP contribution in [0.25, 0.3) is 0 Å². The average Bonchev–Trinajstić information content (AvgIpc) is 3.25. The summed E-state index contributed by atoms with van der Waals surface area (Å²) in [6, 6.07) is 2.21.